The van der Waals surface area contributed by atoms with E-state index in [4.69, 9.17) is 27.9 Å². The molecule has 0 aliphatic heterocycles. The highest BCUT2D eigenvalue weighted by atomic mass is 35.5. The molecule has 11 heteroatoms. The molecule has 3 rings (SSSR count). The van der Waals surface area contributed by atoms with Crippen molar-refractivity contribution in [3.05, 3.63) is 76.6 Å². The molecule has 0 radical (unpaired) electrons. The van der Waals surface area contributed by atoms with Gasteiger partial charge in [-0.25, -0.2) is 0 Å². The number of halogens is 2. The smallest absolute Gasteiger partial charge is 0.251 e. The molecule has 2 N–H and O–H groups in total. The molecular formula is C23H23Cl2N5O3S. The van der Waals surface area contributed by atoms with Crippen LogP contribution in [0.25, 0.3) is 0 Å². The van der Waals surface area contributed by atoms with Crippen LogP contribution in [0.3, 0.4) is 0 Å². The van der Waals surface area contributed by atoms with E-state index in [1.807, 2.05) is 6.92 Å². The average Bonchev–Trinajstić information content (AvgIpc) is 3.22. The van der Waals surface area contributed by atoms with Crippen molar-refractivity contribution >= 4 is 52.5 Å². The lowest BCUT2D eigenvalue weighted by Gasteiger charge is -2.15. The summed E-state index contributed by atoms with van der Waals surface area (Å²) < 4.78 is 6.93. The zero-order chi connectivity index (χ0) is 24.7. The first kappa shape index (κ1) is 25.6. The number of amides is 2. The van der Waals surface area contributed by atoms with E-state index in [2.05, 4.69) is 27.4 Å². The Labute approximate surface area is 211 Å². The van der Waals surface area contributed by atoms with Crippen molar-refractivity contribution in [1.82, 2.24) is 20.1 Å². The Hall–Kier alpha value is -3.01. The number of hydrogen-bond acceptors (Lipinski definition) is 6. The number of thioether (sulfide) groups is 1. The third-order valence-electron chi connectivity index (χ3n) is 4.68. The molecule has 1 atom stereocenters. The summed E-state index contributed by atoms with van der Waals surface area (Å²) in [6, 6.07) is 11.2. The summed E-state index contributed by atoms with van der Waals surface area (Å²) in [5.41, 5.74) is 0.967. The highest BCUT2D eigenvalue weighted by Crippen LogP contribution is 2.26. The van der Waals surface area contributed by atoms with Crippen LogP contribution in [-0.4, -0.2) is 39.4 Å². The van der Waals surface area contributed by atoms with Crippen LogP contribution >= 0.6 is 35.0 Å². The SMILES string of the molecule is C=CCn1c(SCC(=O)Nc2ccc(Cl)cc2Cl)nnc1[C@@H](C)NC(=O)c1ccc(OC)cc1. The Bertz CT molecular complexity index is 1180. The average molecular weight is 520 g/mol. The lowest BCUT2D eigenvalue weighted by Crippen LogP contribution is -2.28. The third-order valence-corrected chi connectivity index (χ3v) is 6.20. The van der Waals surface area contributed by atoms with Crippen molar-refractivity contribution in [2.75, 3.05) is 18.2 Å². The van der Waals surface area contributed by atoms with Gasteiger partial charge in [-0.15, -0.1) is 16.8 Å². The van der Waals surface area contributed by atoms with E-state index in [-0.39, 0.29) is 17.6 Å². The first-order valence-electron chi connectivity index (χ1n) is 10.2. The number of carbonyl (C=O) groups is 2. The molecule has 0 saturated carbocycles. The van der Waals surface area contributed by atoms with Gasteiger partial charge in [-0.05, 0) is 49.4 Å². The Kier molecular flexibility index (Phi) is 8.98. The summed E-state index contributed by atoms with van der Waals surface area (Å²) in [7, 11) is 1.57. The monoisotopic (exact) mass is 519 g/mol. The van der Waals surface area contributed by atoms with Gasteiger partial charge >= 0.3 is 0 Å². The van der Waals surface area contributed by atoms with E-state index in [1.54, 1.807) is 60.2 Å². The summed E-state index contributed by atoms with van der Waals surface area (Å²) in [5.74, 6) is 0.784. The van der Waals surface area contributed by atoms with Crippen molar-refractivity contribution in [3.8, 4) is 5.75 Å². The van der Waals surface area contributed by atoms with Gasteiger partial charge in [0.2, 0.25) is 5.91 Å². The maximum Gasteiger partial charge on any atom is 0.251 e. The molecule has 0 aliphatic rings. The maximum atomic E-state index is 12.6. The van der Waals surface area contributed by atoms with Crippen LogP contribution in [0.15, 0.2) is 60.3 Å². The van der Waals surface area contributed by atoms with Crippen molar-refractivity contribution in [3.63, 3.8) is 0 Å². The first-order valence-corrected chi connectivity index (χ1v) is 11.9. The Morgan fingerprint density at radius 2 is 1.94 bits per heavy atom. The number of nitrogens with one attached hydrogen (secondary N) is 2. The van der Waals surface area contributed by atoms with Crippen LogP contribution in [0.5, 0.6) is 5.75 Å². The highest BCUT2D eigenvalue weighted by molar-refractivity contribution is 7.99. The molecule has 0 unspecified atom stereocenters. The molecule has 1 heterocycles. The highest BCUT2D eigenvalue weighted by Gasteiger charge is 2.20. The molecule has 8 nitrogen and oxygen atoms in total. The van der Waals surface area contributed by atoms with Gasteiger partial charge in [-0.2, -0.15) is 0 Å². The number of anilines is 1. The number of nitrogens with zero attached hydrogens (tertiary/aromatic N) is 3. The number of benzene rings is 2. The number of ether oxygens (including phenoxy) is 1. The van der Waals surface area contributed by atoms with Crippen LogP contribution < -0.4 is 15.4 Å². The zero-order valence-electron chi connectivity index (χ0n) is 18.5. The van der Waals surface area contributed by atoms with Gasteiger partial charge in [-0.3, -0.25) is 9.59 Å². The maximum absolute atomic E-state index is 12.6. The van der Waals surface area contributed by atoms with Crippen LogP contribution in [0.2, 0.25) is 10.0 Å². The number of hydrogen-bond donors (Lipinski definition) is 2. The number of carbonyl (C=O) groups excluding carboxylic acids is 2. The molecule has 0 saturated heterocycles. The molecule has 3 aromatic rings. The van der Waals surface area contributed by atoms with E-state index in [9.17, 15) is 9.59 Å². The standard InChI is InChI=1S/C23H23Cl2N5O3S/c1-4-11-30-21(14(2)26-22(32)15-5-8-17(33-3)9-6-15)28-29-23(30)34-13-20(31)27-19-10-7-16(24)12-18(19)25/h4-10,12,14H,1,11,13H2,2-3H3,(H,26,32)(H,27,31)/t14-/m1/s1. The van der Waals surface area contributed by atoms with Crippen LogP contribution in [0.4, 0.5) is 5.69 Å². The van der Waals surface area contributed by atoms with E-state index >= 15 is 0 Å². The van der Waals surface area contributed by atoms with Crippen molar-refractivity contribution in [1.29, 1.82) is 0 Å². The lowest BCUT2D eigenvalue weighted by atomic mass is 10.2. The second kappa shape index (κ2) is 11.9. The van der Waals surface area contributed by atoms with Gasteiger partial charge in [0.1, 0.15) is 5.75 Å². The molecule has 2 amide bonds. The molecule has 178 valence electrons. The minimum atomic E-state index is -0.432. The number of aromatic nitrogens is 3. The van der Waals surface area contributed by atoms with Crippen molar-refractivity contribution < 1.29 is 14.3 Å². The van der Waals surface area contributed by atoms with Crippen molar-refractivity contribution in [2.24, 2.45) is 0 Å². The van der Waals surface area contributed by atoms with Crippen LogP contribution in [0.1, 0.15) is 29.1 Å². The van der Waals surface area contributed by atoms with Gasteiger partial charge in [0.25, 0.3) is 5.91 Å². The molecule has 1 aromatic heterocycles. The molecule has 2 aromatic carbocycles. The number of allylic oxidation sites excluding steroid dienone is 1. The largest absolute Gasteiger partial charge is 0.497 e. The van der Waals surface area contributed by atoms with E-state index in [0.717, 1.165) is 0 Å². The fourth-order valence-electron chi connectivity index (χ4n) is 3.02. The third kappa shape index (κ3) is 6.53. The molecule has 0 aliphatic carbocycles. The summed E-state index contributed by atoms with van der Waals surface area (Å²) in [4.78, 5) is 25.0. The summed E-state index contributed by atoms with van der Waals surface area (Å²) in [6.45, 7) is 6.01. The van der Waals surface area contributed by atoms with Crippen molar-refractivity contribution in [2.45, 2.75) is 24.7 Å². The summed E-state index contributed by atoms with van der Waals surface area (Å²) in [6.07, 6.45) is 1.70. The molecule has 0 bridgehead atoms. The second-order valence-corrected chi connectivity index (χ2v) is 8.91. The predicted molar refractivity (Wildman–Crippen MR) is 135 cm³/mol. The molecule has 0 fully saturated rings. The zero-order valence-corrected chi connectivity index (χ0v) is 20.9. The van der Waals surface area contributed by atoms with Gasteiger partial charge in [0.15, 0.2) is 11.0 Å². The van der Waals surface area contributed by atoms with Crippen LogP contribution in [0, 0.1) is 0 Å². The summed E-state index contributed by atoms with van der Waals surface area (Å²) >= 11 is 13.2. The predicted octanol–water partition coefficient (Wildman–Crippen LogP) is 5.00. The molecule has 34 heavy (non-hydrogen) atoms. The number of rotatable bonds is 10. The van der Waals surface area contributed by atoms with Gasteiger partial charge in [0.05, 0.1) is 29.6 Å². The van der Waals surface area contributed by atoms with E-state index < -0.39 is 6.04 Å². The van der Waals surface area contributed by atoms with Gasteiger partial charge in [0, 0.05) is 17.1 Å². The van der Waals surface area contributed by atoms with E-state index in [0.29, 0.717) is 44.6 Å². The number of methoxy groups -OCH3 is 1. The Morgan fingerprint density at radius 3 is 2.59 bits per heavy atom. The summed E-state index contributed by atoms with van der Waals surface area (Å²) in [5, 5.41) is 15.5. The minimum absolute atomic E-state index is 0.0841. The van der Waals surface area contributed by atoms with E-state index in [1.165, 1.54) is 11.8 Å². The Morgan fingerprint density at radius 1 is 1.21 bits per heavy atom. The fourth-order valence-corrected chi connectivity index (χ4v) is 4.23. The molecule has 0 spiro atoms. The van der Waals surface area contributed by atoms with Crippen LogP contribution in [-0.2, 0) is 11.3 Å². The van der Waals surface area contributed by atoms with Gasteiger partial charge < -0.3 is 19.9 Å². The molecular weight excluding hydrogens is 497 g/mol. The Balaban J connectivity index is 1.66. The quantitative estimate of drug-likeness (QED) is 0.288. The second-order valence-electron chi connectivity index (χ2n) is 7.12. The lowest BCUT2D eigenvalue weighted by molar-refractivity contribution is -0.113. The minimum Gasteiger partial charge on any atom is -0.497 e. The normalized spacial score (nSPS) is 11.5. The fraction of sp³-hybridized carbons (Fsp3) is 0.217. The first-order chi connectivity index (χ1) is 16.3. The topological polar surface area (TPSA) is 98.1 Å². The van der Waals surface area contributed by atoms with Gasteiger partial charge in [-0.1, -0.05) is 41.0 Å².